The first-order valence-electron chi connectivity index (χ1n) is 6.54. The molecular weight excluding hydrogens is 214 g/mol. The van der Waals surface area contributed by atoms with E-state index < -0.39 is 0 Å². The monoisotopic (exact) mass is 237 g/mol. The Hall–Kier alpha value is -0.870. The zero-order chi connectivity index (χ0) is 12.4. The van der Waals surface area contributed by atoms with Gasteiger partial charge in [0.1, 0.15) is 0 Å². The minimum absolute atomic E-state index is 0.183. The number of aromatic nitrogens is 2. The largest absolute Gasteiger partial charge is 0.391 e. The van der Waals surface area contributed by atoms with Crippen molar-refractivity contribution in [2.24, 2.45) is 0 Å². The van der Waals surface area contributed by atoms with Crippen LogP contribution in [0.4, 0.5) is 0 Å². The van der Waals surface area contributed by atoms with Gasteiger partial charge in [-0.15, -0.1) is 0 Å². The van der Waals surface area contributed by atoms with E-state index in [0.717, 1.165) is 25.8 Å². The summed E-state index contributed by atoms with van der Waals surface area (Å²) in [6, 6.07) is 0.664. The van der Waals surface area contributed by atoms with Gasteiger partial charge in [-0.2, -0.15) is 5.10 Å². The Morgan fingerprint density at radius 3 is 2.88 bits per heavy atom. The molecule has 0 spiro atoms. The van der Waals surface area contributed by atoms with E-state index in [4.69, 9.17) is 0 Å². The second kappa shape index (κ2) is 5.19. The molecule has 1 aliphatic rings. The molecular formula is C13H23N3O. The predicted octanol–water partition coefficient (Wildman–Crippen LogP) is 1.78. The molecule has 0 aromatic carbocycles. The maximum absolute atomic E-state index is 9.92. The van der Waals surface area contributed by atoms with Gasteiger partial charge in [-0.05, 0) is 26.2 Å². The quantitative estimate of drug-likeness (QED) is 0.839. The van der Waals surface area contributed by atoms with E-state index in [2.05, 4.69) is 31.2 Å². The van der Waals surface area contributed by atoms with Crippen LogP contribution in [0.2, 0.25) is 0 Å². The molecule has 1 aliphatic carbocycles. The fraction of sp³-hybridized carbons (Fsp3) is 0.769. The van der Waals surface area contributed by atoms with Crippen LogP contribution < -0.4 is 5.32 Å². The van der Waals surface area contributed by atoms with Crippen molar-refractivity contribution in [2.75, 3.05) is 0 Å². The van der Waals surface area contributed by atoms with Gasteiger partial charge in [0.15, 0.2) is 0 Å². The summed E-state index contributed by atoms with van der Waals surface area (Å²) in [6.07, 6.45) is 4.75. The number of nitrogens with one attached hydrogen (secondary N) is 1. The van der Waals surface area contributed by atoms with Gasteiger partial charge in [-0.1, -0.05) is 13.8 Å². The highest BCUT2D eigenvalue weighted by molar-refractivity contribution is 5.17. The molecule has 0 radical (unpaired) electrons. The van der Waals surface area contributed by atoms with Crippen molar-refractivity contribution in [2.45, 2.75) is 64.8 Å². The molecule has 1 saturated carbocycles. The summed E-state index contributed by atoms with van der Waals surface area (Å²) < 4.78 is 2.01. The van der Waals surface area contributed by atoms with Gasteiger partial charge in [0, 0.05) is 23.8 Å². The predicted molar refractivity (Wildman–Crippen MR) is 67.8 cm³/mol. The third kappa shape index (κ3) is 2.69. The van der Waals surface area contributed by atoms with Crippen LogP contribution in [0, 0.1) is 6.92 Å². The number of hydrogen-bond acceptors (Lipinski definition) is 3. The number of nitrogens with zero attached hydrogens (tertiary/aromatic N) is 2. The molecule has 1 aromatic heterocycles. The smallest absolute Gasteiger partial charge is 0.0781 e. The maximum atomic E-state index is 9.92. The molecule has 96 valence electrons. The van der Waals surface area contributed by atoms with Crippen LogP contribution in [0.25, 0.3) is 0 Å². The highest BCUT2D eigenvalue weighted by Crippen LogP contribution is 2.31. The Bertz CT molecular complexity index is 373. The van der Waals surface area contributed by atoms with E-state index in [9.17, 15) is 5.11 Å². The Kier molecular flexibility index (Phi) is 3.84. The lowest BCUT2D eigenvalue weighted by Gasteiger charge is -2.17. The number of aliphatic hydroxyl groups excluding tert-OH is 1. The molecule has 2 rings (SSSR count). The molecule has 1 fully saturated rings. The van der Waals surface area contributed by atoms with Gasteiger partial charge in [-0.25, -0.2) is 0 Å². The van der Waals surface area contributed by atoms with Gasteiger partial charge >= 0.3 is 0 Å². The molecule has 0 bridgehead atoms. The highest BCUT2D eigenvalue weighted by Gasteiger charge is 2.28. The van der Waals surface area contributed by atoms with Gasteiger partial charge < -0.3 is 10.4 Å². The summed E-state index contributed by atoms with van der Waals surface area (Å²) in [6.45, 7) is 7.22. The minimum atomic E-state index is -0.223. The molecule has 0 aliphatic heterocycles. The first-order valence-corrected chi connectivity index (χ1v) is 6.54. The number of rotatable bonds is 4. The van der Waals surface area contributed by atoms with Crippen LogP contribution in [0.3, 0.4) is 0 Å². The first-order chi connectivity index (χ1) is 8.09. The molecule has 0 saturated heterocycles. The van der Waals surface area contributed by atoms with E-state index in [1.165, 1.54) is 11.3 Å². The molecule has 4 heteroatoms. The average molecular weight is 237 g/mol. The number of aliphatic hydroxyl groups is 1. The Balaban J connectivity index is 2.09. The molecule has 1 aromatic rings. The highest BCUT2D eigenvalue weighted by atomic mass is 16.3. The Morgan fingerprint density at radius 1 is 1.53 bits per heavy atom. The lowest BCUT2D eigenvalue weighted by atomic mass is 10.2. The van der Waals surface area contributed by atoms with Gasteiger partial charge in [-0.3, -0.25) is 4.68 Å². The third-order valence-corrected chi connectivity index (χ3v) is 3.61. The molecule has 1 heterocycles. The average Bonchev–Trinajstić information content (AvgIpc) is 2.82. The molecule has 2 unspecified atom stereocenters. The first kappa shape index (κ1) is 12.6. The molecule has 4 nitrogen and oxygen atoms in total. The van der Waals surface area contributed by atoms with Crippen molar-refractivity contribution >= 4 is 0 Å². The van der Waals surface area contributed by atoms with Crippen LogP contribution >= 0.6 is 0 Å². The molecule has 2 atom stereocenters. The topological polar surface area (TPSA) is 50.1 Å². The summed E-state index contributed by atoms with van der Waals surface area (Å²) in [5, 5.41) is 17.8. The van der Waals surface area contributed by atoms with Crippen molar-refractivity contribution in [3.8, 4) is 0 Å². The third-order valence-electron chi connectivity index (χ3n) is 3.61. The summed E-state index contributed by atoms with van der Waals surface area (Å²) in [5.74, 6) is 0. The van der Waals surface area contributed by atoms with Gasteiger partial charge in [0.05, 0.1) is 18.3 Å². The molecule has 0 amide bonds. The minimum Gasteiger partial charge on any atom is -0.391 e. The normalized spacial score (nSPS) is 24.8. The zero-order valence-corrected chi connectivity index (χ0v) is 11.0. The van der Waals surface area contributed by atoms with Crippen LogP contribution in [0.5, 0.6) is 0 Å². The zero-order valence-electron chi connectivity index (χ0n) is 11.0. The second-order valence-corrected chi connectivity index (χ2v) is 5.30. The van der Waals surface area contributed by atoms with Crippen LogP contribution in [0.15, 0.2) is 6.20 Å². The van der Waals surface area contributed by atoms with E-state index >= 15 is 0 Å². The van der Waals surface area contributed by atoms with Crippen molar-refractivity contribution in [1.82, 2.24) is 15.1 Å². The summed E-state index contributed by atoms with van der Waals surface area (Å²) in [4.78, 5) is 0. The van der Waals surface area contributed by atoms with Crippen LogP contribution in [-0.2, 0) is 6.54 Å². The number of hydrogen-bond donors (Lipinski definition) is 2. The van der Waals surface area contributed by atoms with E-state index in [1.807, 2.05) is 10.9 Å². The Morgan fingerprint density at radius 2 is 2.29 bits per heavy atom. The lowest BCUT2D eigenvalue weighted by molar-refractivity contribution is 0.129. The molecule has 2 N–H and O–H groups in total. The van der Waals surface area contributed by atoms with Crippen LogP contribution in [-0.4, -0.2) is 27.0 Å². The molecule has 17 heavy (non-hydrogen) atoms. The van der Waals surface area contributed by atoms with E-state index in [1.54, 1.807) is 0 Å². The van der Waals surface area contributed by atoms with E-state index in [0.29, 0.717) is 6.04 Å². The SMILES string of the molecule is Cc1c(CNC(C)C)cnn1C1CCCC1O. The summed E-state index contributed by atoms with van der Waals surface area (Å²) in [7, 11) is 0. The summed E-state index contributed by atoms with van der Waals surface area (Å²) in [5.41, 5.74) is 2.42. The maximum Gasteiger partial charge on any atom is 0.0781 e. The van der Waals surface area contributed by atoms with Crippen molar-refractivity contribution in [3.05, 3.63) is 17.5 Å². The van der Waals surface area contributed by atoms with Crippen molar-refractivity contribution in [3.63, 3.8) is 0 Å². The fourth-order valence-electron chi connectivity index (χ4n) is 2.49. The van der Waals surface area contributed by atoms with Gasteiger partial charge in [0.25, 0.3) is 0 Å². The summed E-state index contributed by atoms with van der Waals surface area (Å²) >= 11 is 0. The van der Waals surface area contributed by atoms with Crippen molar-refractivity contribution in [1.29, 1.82) is 0 Å². The van der Waals surface area contributed by atoms with Crippen molar-refractivity contribution < 1.29 is 5.11 Å². The Labute approximate surface area is 103 Å². The standard InChI is InChI=1S/C13H23N3O/c1-9(2)14-7-11-8-15-16(10(11)3)12-5-4-6-13(12)17/h8-9,12-14,17H,4-7H2,1-3H3. The second-order valence-electron chi connectivity index (χ2n) is 5.30. The van der Waals surface area contributed by atoms with Gasteiger partial charge in [0.2, 0.25) is 0 Å². The van der Waals surface area contributed by atoms with E-state index in [-0.39, 0.29) is 12.1 Å². The lowest BCUT2D eigenvalue weighted by Crippen LogP contribution is -2.23. The van der Waals surface area contributed by atoms with Crippen LogP contribution in [0.1, 0.15) is 50.4 Å². The fourth-order valence-corrected chi connectivity index (χ4v) is 2.49.